The van der Waals surface area contributed by atoms with Gasteiger partial charge in [0.2, 0.25) is 11.6 Å². The summed E-state index contributed by atoms with van der Waals surface area (Å²) in [6.45, 7) is 4.98. The van der Waals surface area contributed by atoms with E-state index < -0.39 is 0 Å². The van der Waals surface area contributed by atoms with Crippen molar-refractivity contribution in [1.82, 2.24) is 5.32 Å². The van der Waals surface area contributed by atoms with E-state index in [4.69, 9.17) is 5.11 Å². The van der Waals surface area contributed by atoms with E-state index in [9.17, 15) is 9.90 Å². The SMILES string of the molecule is C=CC(=O)NCc1c(CO)c[nH+]c(C)c1O. The third-order valence-corrected chi connectivity index (χ3v) is 2.29. The van der Waals surface area contributed by atoms with Crippen molar-refractivity contribution in [3.05, 3.63) is 35.7 Å². The quantitative estimate of drug-likeness (QED) is 0.618. The number of pyridine rings is 1. The molecule has 0 atom stereocenters. The number of carbonyl (C=O) groups is 1. The summed E-state index contributed by atoms with van der Waals surface area (Å²) in [5, 5.41) is 21.4. The van der Waals surface area contributed by atoms with Gasteiger partial charge in [0, 0.05) is 24.6 Å². The monoisotopic (exact) mass is 223 g/mol. The molecule has 1 amide bonds. The molecule has 1 heterocycles. The molecule has 4 N–H and O–H groups in total. The Hall–Kier alpha value is -1.88. The molecule has 0 unspecified atom stereocenters. The van der Waals surface area contributed by atoms with Crippen LogP contribution in [0, 0.1) is 6.92 Å². The lowest BCUT2D eigenvalue weighted by molar-refractivity contribution is -0.389. The number of aliphatic hydroxyl groups excluding tert-OH is 1. The highest BCUT2D eigenvalue weighted by Crippen LogP contribution is 2.21. The van der Waals surface area contributed by atoms with Crippen molar-refractivity contribution in [1.29, 1.82) is 0 Å². The van der Waals surface area contributed by atoms with Crippen molar-refractivity contribution >= 4 is 5.91 Å². The number of aromatic nitrogens is 1. The molecule has 16 heavy (non-hydrogen) atoms. The fourth-order valence-corrected chi connectivity index (χ4v) is 1.32. The van der Waals surface area contributed by atoms with Crippen molar-refractivity contribution in [3.63, 3.8) is 0 Å². The zero-order valence-corrected chi connectivity index (χ0v) is 9.08. The molecule has 1 aromatic rings. The normalized spacial score (nSPS) is 9.88. The molecule has 1 aromatic heterocycles. The van der Waals surface area contributed by atoms with Crippen LogP contribution in [0.3, 0.4) is 0 Å². The minimum atomic E-state index is -0.325. The van der Waals surface area contributed by atoms with E-state index >= 15 is 0 Å². The van der Waals surface area contributed by atoms with Gasteiger partial charge < -0.3 is 15.5 Å². The molecule has 0 spiro atoms. The second-order valence-corrected chi connectivity index (χ2v) is 3.35. The Kier molecular flexibility index (Phi) is 4.02. The number of nitrogens with one attached hydrogen (secondary N) is 2. The van der Waals surface area contributed by atoms with Crippen LogP contribution in [0.5, 0.6) is 5.75 Å². The zero-order valence-electron chi connectivity index (χ0n) is 9.08. The second kappa shape index (κ2) is 5.27. The Morgan fingerprint density at radius 1 is 1.69 bits per heavy atom. The van der Waals surface area contributed by atoms with Crippen LogP contribution >= 0.6 is 0 Å². The predicted octanol–water partition coefficient (Wildman–Crippen LogP) is -0.191. The third-order valence-electron chi connectivity index (χ3n) is 2.29. The molecule has 5 nitrogen and oxygen atoms in total. The second-order valence-electron chi connectivity index (χ2n) is 3.35. The smallest absolute Gasteiger partial charge is 0.243 e. The number of hydrogen-bond acceptors (Lipinski definition) is 3. The first-order chi connectivity index (χ1) is 7.60. The molecule has 0 bridgehead atoms. The van der Waals surface area contributed by atoms with Gasteiger partial charge >= 0.3 is 0 Å². The van der Waals surface area contributed by atoms with Gasteiger partial charge in [0.15, 0.2) is 11.9 Å². The molecule has 86 valence electrons. The van der Waals surface area contributed by atoms with Crippen molar-refractivity contribution in [2.75, 3.05) is 0 Å². The van der Waals surface area contributed by atoms with Crippen LogP contribution in [0.2, 0.25) is 0 Å². The molecule has 1 rings (SSSR count). The van der Waals surface area contributed by atoms with Gasteiger partial charge in [-0.15, -0.1) is 0 Å². The lowest BCUT2D eigenvalue weighted by atomic mass is 10.1. The first-order valence-corrected chi connectivity index (χ1v) is 4.83. The van der Waals surface area contributed by atoms with E-state index in [0.717, 1.165) is 6.08 Å². The van der Waals surface area contributed by atoms with E-state index in [1.54, 1.807) is 13.1 Å². The number of aromatic amines is 1. The lowest BCUT2D eigenvalue weighted by Gasteiger charge is -2.08. The number of amides is 1. The van der Waals surface area contributed by atoms with Crippen molar-refractivity contribution in [2.24, 2.45) is 0 Å². The van der Waals surface area contributed by atoms with Crippen LogP contribution in [0.25, 0.3) is 0 Å². The molecule has 0 aliphatic rings. The number of hydrogen-bond donors (Lipinski definition) is 3. The summed E-state index contributed by atoms with van der Waals surface area (Å²) in [4.78, 5) is 13.8. The fourth-order valence-electron chi connectivity index (χ4n) is 1.32. The van der Waals surface area contributed by atoms with E-state index in [-0.39, 0.29) is 24.8 Å². The van der Waals surface area contributed by atoms with E-state index in [1.807, 2.05) is 0 Å². The summed E-state index contributed by atoms with van der Waals surface area (Å²) < 4.78 is 0. The Morgan fingerprint density at radius 2 is 2.38 bits per heavy atom. The first-order valence-electron chi connectivity index (χ1n) is 4.83. The van der Waals surface area contributed by atoms with E-state index in [2.05, 4.69) is 16.9 Å². The van der Waals surface area contributed by atoms with Crippen LogP contribution in [-0.2, 0) is 17.9 Å². The molecule has 0 saturated carbocycles. The molecule has 0 aromatic carbocycles. The summed E-state index contributed by atoms with van der Waals surface area (Å²) >= 11 is 0. The minimum Gasteiger partial charge on any atom is -0.502 e. The highest BCUT2D eigenvalue weighted by atomic mass is 16.3. The maximum Gasteiger partial charge on any atom is 0.243 e. The Balaban J connectivity index is 2.96. The lowest BCUT2D eigenvalue weighted by Crippen LogP contribution is -2.22. The molecule has 0 radical (unpaired) electrons. The number of aliphatic hydroxyl groups is 1. The van der Waals surface area contributed by atoms with E-state index in [0.29, 0.717) is 16.8 Å². The van der Waals surface area contributed by atoms with Crippen molar-refractivity contribution in [3.8, 4) is 5.75 Å². The molecule has 5 heteroatoms. The van der Waals surface area contributed by atoms with Gasteiger partial charge in [0.05, 0.1) is 6.61 Å². The maximum atomic E-state index is 11.0. The van der Waals surface area contributed by atoms with Gasteiger partial charge in [-0.25, -0.2) is 4.98 Å². The molecule has 0 aliphatic carbocycles. The molecule has 0 saturated heterocycles. The largest absolute Gasteiger partial charge is 0.502 e. The Morgan fingerprint density at radius 3 is 2.94 bits per heavy atom. The topological polar surface area (TPSA) is 83.7 Å². The Labute approximate surface area is 93.5 Å². The molecule has 0 aliphatic heterocycles. The minimum absolute atomic E-state index is 0.0518. The number of carbonyl (C=O) groups excluding carboxylic acids is 1. The first kappa shape index (κ1) is 12.2. The molecule has 0 fully saturated rings. The zero-order chi connectivity index (χ0) is 12.1. The van der Waals surface area contributed by atoms with Crippen LogP contribution in [-0.4, -0.2) is 16.1 Å². The summed E-state index contributed by atoms with van der Waals surface area (Å²) in [5.41, 5.74) is 1.64. The standard InChI is InChI=1S/C11H14N2O3/c1-3-10(15)13-5-9-8(6-14)4-12-7(2)11(9)16/h3-4,14,16H,1,5-6H2,2H3,(H,13,15)/p+1. The number of rotatable bonds is 4. The number of aromatic hydroxyl groups is 1. The highest BCUT2D eigenvalue weighted by molar-refractivity contribution is 5.86. The summed E-state index contributed by atoms with van der Waals surface area (Å²) in [5.74, 6) is -0.273. The Bertz CT molecular complexity index is 416. The molecular formula is C11H15N2O3+. The fraction of sp³-hybridized carbons (Fsp3) is 0.273. The summed E-state index contributed by atoms with van der Waals surface area (Å²) in [6.07, 6.45) is 2.75. The van der Waals surface area contributed by atoms with Crippen molar-refractivity contribution < 1.29 is 20.0 Å². The number of aryl methyl sites for hydroxylation is 1. The van der Waals surface area contributed by atoms with Gasteiger partial charge in [0.25, 0.3) is 0 Å². The number of H-pyrrole nitrogens is 1. The average molecular weight is 223 g/mol. The maximum absolute atomic E-state index is 11.0. The van der Waals surface area contributed by atoms with E-state index in [1.165, 1.54) is 0 Å². The summed E-state index contributed by atoms with van der Waals surface area (Å²) in [7, 11) is 0. The van der Waals surface area contributed by atoms with Crippen molar-refractivity contribution in [2.45, 2.75) is 20.1 Å². The van der Waals surface area contributed by atoms with Gasteiger partial charge in [-0.05, 0) is 6.08 Å². The van der Waals surface area contributed by atoms with Crippen LogP contribution in [0.15, 0.2) is 18.9 Å². The average Bonchev–Trinajstić information content (AvgIpc) is 2.30. The predicted molar refractivity (Wildman–Crippen MR) is 57.4 cm³/mol. The van der Waals surface area contributed by atoms with Crippen LogP contribution in [0.4, 0.5) is 0 Å². The van der Waals surface area contributed by atoms with Gasteiger partial charge in [0.1, 0.15) is 0 Å². The van der Waals surface area contributed by atoms with Crippen LogP contribution in [0.1, 0.15) is 16.8 Å². The molecular weight excluding hydrogens is 208 g/mol. The van der Waals surface area contributed by atoms with Crippen LogP contribution < -0.4 is 10.3 Å². The third kappa shape index (κ3) is 2.58. The highest BCUT2D eigenvalue weighted by Gasteiger charge is 2.15. The van der Waals surface area contributed by atoms with Gasteiger partial charge in [-0.2, -0.15) is 0 Å². The summed E-state index contributed by atoms with van der Waals surface area (Å²) in [6, 6.07) is 0. The van der Waals surface area contributed by atoms with Gasteiger partial charge in [-0.1, -0.05) is 6.58 Å². The van der Waals surface area contributed by atoms with Gasteiger partial charge in [-0.3, -0.25) is 4.79 Å².